The van der Waals surface area contributed by atoms with Crippen molar-refractivity contribution in [2.45, 2.75) is 82.0 Å². The van der Waals surface area contributed by atoms with Gasteiger partial charge in [0.25, 0.3) is 0 Å². The predicted octanol–water partition coefficient (Wildman–Crippen LogP) is 11.4. The van der Waals surface area contributed by atoms with Crippen LogP contribution in [0.1, 0.15) is 80.9 Å². The molecule has 4 saturated carbocycles. The number of anilines is 2. The third-order valence-electron chi connectivity index (χ3n) is 12.8. The minimum atomic E-state index is -4.76. The lowest BCUT2D eigenvalue weighted by Crippen LogP contribution is -2.48. The maximum Gasteiger partial charge on any atom is 0.417 e. The second kappa shape index (κ2) is 12.7. The monoisotopic (exact) mass is 742 g/mol. The Bertz CT molecular complexity index is 2010. The summed E-state index contributed by atoms with van der Waals surface area (Å²) in [5, 5.41) is 0. The van der Waals surface area contributed by atoms with Gasteiger partial charge in [-0.2, -0.15) is 26.3 Å². The Morgan fingerprint density at radius 2 is 0.981 bits per heavy atom. The van der Waals surface area contributed by atoms with Gasteiger partial charge in [0.05, 0.1) is 11.1 Å². The second-order valence-corrected chi connectivity index (χ2v) is 16.3. The maximum absolute atomic E-state index is 15.0. The summed E-state index contributed by atoms with van der Waals surface area (Å²) in [6, 6.07) is 19.4. The quantitative estimate of drug-likeness (QED) is 0.185. The summed E-state index contributed by atoms with van der Waals surface area (Å²) in [5.41, 5.74) is 0.237. The van der Waals surface area contributed by atoms with Crippen molar-refractivity contribution in [2.75, 3.05) is 22.9 Å². The molecule has 54 heavy (non-hydrogen) atoms. The fourth-order valence-corrected chi connectivity index (χ4v) is 11.0. The molecule has 0 unspecified atom stereocenters. The van der Waals surface area contributed by atoms with E-state index in [0.717, 1.165) is 56.2 Å². The standard InChI is InChI=1S/C44H40F6N2O2/c45-43(46,47)37-9-3-1-7-33(37)35-20-30(42-23-26-15-27(24-42)17-28(16-26)25-42)21-36(34-8-2-4-10-38(34)44(48,49)50)41(35)29-18-31(51-13-5-11-39(51)53)22-32(19-29)52-14-6-12-40(52)54/h1-4,7-10,18-22,26-28H,5-6,11-17,23-25H2. The number of rotatable bonds is 6. The number of nitrogens with zero attached hydrogens (tertiary/aromatic N) is 2. The molecule has 4 nitrogen and oxygen atoms in total. The van der Waals surface area contributed by atoms with Crippen molar-refractivity contribution in [2.24, 2.45) is 17.8 Å². The molecule has 10 heteroatoms. The normalized spacial score (nSPS) is 25.3. The number of halogens is 6. The summed E-state index contributed by atoms with van der Waals surface area (Å²) in [6.07, 6.45) is -1.76. The van der Waals surface area contributed by atoms with Crippen LogP contribution in [-0.2, 0) is 27.4 Å². The van der Waals surface area contributed by atoms with Gasteiger partial charge in [-0.05, 0) is 156 Å². The number of carbonyl (C=O) groups excluding carboxylic acids is 2. The van der Waals surface area contributed by atoms with Gasteiger partial charge in [0.1, 0.15) is 0 Å². The van der Waals surface area contributed by atoms with Gasteiger partial charge in [-0.1, -0.05) is 36.4 Å². The van der Waals surface area contributed by atoms with Crippen molar-refractivity contribution in [3.63, 3.8) is 0 Å². The highest BCUT2D eigenvalue weighted by atomic mass is 19.4. The van der Waals surface area contributed by atoms with Crippen LogP contribution in [0.5, 0.6) is 0 Å². The number of hydrogen-bond donors (Lipinski definition) is 0. The Kier molecular flexibility index (Phi) is 8.28. The van der Waals surface area contributed by atoms with Crippen LogP contribution < -0.4 is 9.80 Å². The molecule has 2 amide bonds. The van der Waals surface area contributed by atoms with Crippen LogP contribution in [0.2, 0.25) is 0 Å². The molecule has 4 aromatic rings. The summed E-state index contributed by atoms with van der Waals surface area (Å²) in [5.74, 6) is 1.16. The lowest BCUT2D eigenvalue weighted by Gasteiger charge is -2.57. The average Bonchev–Trinajstić information content (AvgIpc) is 3.77. The summed E-state index contributed by atoms with van der Waals surface area (Å²) >= 11 is 0. The molecule has 4 aliphatic carbocycles. The zero-order valence-corrected chi connectivity index (χ0v) is 29.7. The predicted molar refractivity (Wildman–Crippen MR) is 196 cm³/mol. The third kappa shape index (κ3) is 6.00. The molecular weight excluding hydrogens is 702 g/mol. The summed E-state index contributed by atoms with van der Waals surface area (Å²) in [6.45, 7) is 0.822. The molecule has 0 aromatic heterocycles. The minimum absolute atomic E-state index is 0.126. The van der Waals surface area contributed by atoms with Crippen LogP contribution in [0.4, 0.5) is 37.7 Å². The van der Waals surface area contributed by atoms with E-state index in [9.17, 15) is 9.59 Å². The molecule has 0 radical (unpaired) electrons. The van der Waals surface area contributed by atoms with E-state index < -0.39 is 23.5 Å². The van der Waals surface area contributed by atoms with Crippen LogP contribution in [0.3, 0.4) is 0 Å². The number of alkyl halides is 6. The Hall–Kier alpha value is -4.60. The fourth-order valence-electron chi connectivity index (χ4n) is 11.0. The van der Waals surface area contributed by atoms with E-state index in [-0.39, 0.29) is 45.0 Å². The molecule has 0 N–H and O–H groups in total. The van der Waals surface area contributed by atoms with Gasteiger partial charge in [0.2, 0.25) is 11.8 Å². The third-order valence-corrected chi connectivity index (χ3v) is 12.8. The first kappa shape index (κ1) is 35.1. The van der Waals surface area contributed by atoms with E-state index in [0.29, 0.717) is 73.5 Å². The van der Waals surface area contributed by atoms with Gasteiger partial charge in [-0.25, -0.2) is 0 Å². The maximum atomic E-state index is 15.0. The fraction of sp³-hybridized carbons (Fsp3) is 0.409. The molecular formula is C44H40F6N2O2. The zero-order valence-electron chi connectivity index (χ0n) is 29.7. The van der Waals surface area contributed by atoms with E-state index in [2.05, 4.69) is 0 Å². The zero-order chi connectivity index (χ0) is 37.6. The van der Waals surface area contributed by atoms with Gasteiger partial charge in [-0.3, -0.25) is 9.59 Å². The number of hydrogen-bond acceptors (Lipinski definition) is 2. The minimum Gasteiger partial charge on any atom is -0.312 e. The summed E-state index contributed by atoms with van der Waals surface area (Å²) < 4.78 is 90.1. The molecule has 4 bridgehead atoms. The average molecular weight is 743 g/mol. The first-order valence-electron chi connectivity index (χ1n) is 19.1. The molecule has 0 atom stereocenters. The van der Waals surface area contributed by atoms with Gasteiger partial charge >= 0.3 is 12.4 Å². The Balaban J connectivity index is 1.40. The Morgan fingerprint density at radius 3 is 1.37 bits per heavy atom. The molecule has 6 fully saturated rings. The second-order valence-electron chi connectivity index (χ2n) is 16.3. The van der Waals surface area contributed by atoms with E-state index in [1.807, 2.05) is 12.1 Å². The highest BCUT2D eigenvalue weighted by Gasteiger charge is 2.52. The van der Waals surface area contributed by atoms with E-state index in [4.69, 9.17) is 0 Å². The van der Waals surface area contributed by atoms with Gasteiger partial charge in [-0.15, -0.1) is 0 Å². The van der Waals surface area contributed by atoms with Crippen LogP contribution in [0.25, 0.3) is 33.4 Å². The number of carbonyl (C=O) groups is 2. The van der Waals surface area contributed by atoms with Crippen molar-refractivity contribution in [3.05, 3.63) is 95.6 Å². The topological polar surface area (TPSA) is 40.6 Å². The van der Waals surface area contributed by atoms with Gasteiger partial charge < -0.3 is 9.80 Å². The van der Waals surface area contributed by atoms with Crippen LogP contribution in [-0.4, -0.2) is 24.9 Å². The van der Waals surface area contributed by atoms with Crippen molar-refractivity contribution >= 4 is 23.2 Å². The molecule has 280 valence electrons. The molecule has 0 spiro atoms. The number of benzene rings is 4. The lowest BCUT2D eigenvalue weighted by atomic mass is 9.48. The van der Waals surface area contributed by atoms with Crippen molar-refractivity contribution in [1.82, 2.24) is 0 Å². The molecule has 2 saturated heterocycles. The first-order chi connectivity index (χ1) is 25.8. The SMILES string of the molecule is O=C1CCCN1c1cc(-c2c(-c3ccccc3C(F)(F)F)cc(C34CC5CC(CC(C5)C3)C4)cc2-c2ccccc2C(F)(F)F)cc(N2CCCC2=O)c1. The van der Waals surface area contributed by atoms with Crippen molar-refractivity contribution in [3.8, 4) is 33.4 Å². The summed E-state index contributed by atoms with van der Waals surface area (Å²) in [7, 11) is 0. The first-order valence-corrected chi connectivity index (χ1v) is 19.1. The number of amides is 2. The Morgan fingerprint density at radius 1 is 0.556 bits per heavy atom. The highest BCUT2D eigenvalue weighted by Crippen LogP contribution is 2.62. The van der Waals surface area contributed by atoms with Crippen molar-refractivity contribution in [1.29, 1.82) is 0 Å². The largest absolute Gasteiger partial charge is 0.417 e. The molecule has 4 aromatic carbocycles. The highest BCUT2D eigenvalue weighted by molar-refractivity contribution is 6.03. The molecule has 6 aliphatic rings. The molecule has 2 heterocycles. The lowest BCUT2D eigenvalue weighted by molar-refractivity contribution is -0.137. The Labute approximate surface area is 310 Å². The van der Waals surface area contributed by atoms with E-state index in [1.54, 1.807) is 28.0 Å². The molecule has 2 aliphatic heterocycles. The van der Waals surface area contributed by atoms with Crippen LogP contribution >= 0.6 is 0 Å². The summed E-state index contributed by atoms with van der Waals surface area (Å²) in [4.78, 5) is 29.5. The van der Waals surface area contributed by atoms with E-state index >= 15 is 26.3 Å². The van der Waals surface area contributed by atoms with Crippen molar-refractivity contribution < 1.29 is 35.9 Å². The van der Waals surface area contributed by atoms with Gasteiger partial charge in [0.15, 0.2) is 0 Å². The van der Waals surface area contributed by atoms with Gasteiger partial charge in [0, 0.05) is 37.3 Å². The van der Waals surface area contributed by atoms with E-state index in [1.165, 1.54) is 36.4 Å². The molecule has 10 rings (SSSR count). The van der Waals surface area contributed by atoms with Crippen LogP contribution in [0.15, 0.2) is 78.9 Å². The van der Waals surface area contributed by atoms with Crippen LogP contribution in [0, 0.1) is 17.8 Å². The smallest absolute Gasteiger partial charge is 0.312 e.